The maximum absolute atomic E-state index is 13.8. The molecule has 1 saturated carbocycles. The summed E-state index contributed by atoms with van der Waals surface area (Å²) in [7, 11) is 0. The van der Waals surface area contributed by atoms with Gasteiger partial charge < -0.3 is 15.2 Å². The third kappa shape index (κ3) is 2.99. The lowest BCUT2D eigenvalue weighted by atomic mass is 9.81. The lowest BCUT2D eigenvalue weighted by Gasteiger charge is -2.38. The van der Waals surface area contributed by atoms with Gasteiger partial charge in [-0.05, 0) is 36.1 Å². The number of nitrogens with zero attached hydrogens (tertiary/aromatic N) is 2. The number of aromatic nitrogens is 1. The summed E-state index contributed by atoms with van der Waals surface area (Å²) in [6.45, 7) is 3.45. The topological polar surface area (TPSA) is 68.3 Å². The van der Waals surface area contributed by atoms with E-state index in [2.05, 4.69) is 48.0 Å². The normalized spacial score (nSPS) is 26.4. The van der Waals surface area contributed by atoms with Crippen LogP contribution in [0.2, 0.25) is 0 Å². The third-order valence-corrected chi connectivity index (χ3v) is 7.72. The van der Waals surface area contributed by atoms with Gasteiger partial charge in [-0.25, -0.2) is 0 Å². The lowest BCUT2D eigenvalue weighted by molar-refractivity contribution is -0.139. The molecule has 2 amide bonds. The Kier molecular flexibility index (Phi) is 4.92. The Morgan fingerprint density at radius 2 is 1.66 bits per heavy atom. The largest absolute Gasteiger partial charge is 0.369 e. The van der Waals surface area contributed by atoms with E-state index < -0.39 is 5.41 Å². The summed E-state index contributed by atoms with van der Waals surface area (Å²) in [4.78, 5) is 28.6. The average molecular weight is 428 g/mol. The molecule has 1 aromatic heterocycles. The van der Waals surface area contributed by atoms with Gasteiger partial charge >= 0.3 is 0 Å². The van der Waals surface area contributed by atoms with Crippen LogP contribution < -0.4 is 5.73 Å². The van der Waals surface area contributed by atoms with Gasteiger partial charge in [0.05, 0.1) is 11.5 Å². The fourth-order valence-corrected chi connectivity index (χ4v) is 5.91. The first-order chi connectivity index (χ1) is 15.5. The molecule has 1 aliphatic carbocycles. The molecule has 5 nitrogen and oxygen atoms in total. The molecule has 0 spiro atoms. The number of amides is 2. The lowest BCUT2D eigenvalue weighted by Crippen LogP contribution is -2.45. The Morgan fingerprint density at radius 1 is 0.969 bits per heavy atom. The zero-order chi connectivity index (χ0) is 22.3. The van der Waals surface area contributed by atoms with Crippen LogP contribution in [-0.2, 0) is 21.5 Å². The summed E-state index contributed by atoms with van der Waals surface area (Å²) in [6.07, 6.45) is 3.62. The van der Waals surface area contributed by atoms with Crippen molar-refractivity contribution in [3.63, 3.8) is 0 Å². The fraction of sp³-hybridized carbons (Fsp3) is 0.333. The molecule has 5 rings (SSSR count). The predicted octanol–water partition coefficient (Wildman–Crippen LogP) is 4.03. The van der Waals surface area contributed by atoms with Crippen molar-refractivity contribution in [1.29, 1.82) is 0 Å². The molecule has 0 radical (unpaired) electrons. The number of rotatable bonds is 6. The molecular weight excluding hydrogens is 398 g/mol. The minimum absolute atomic E-state index is 0.00337. The number of carbonyl (C=O) groups excluding carboxylic acids is 2. The zero-order valence-electron chi connectivity index (χ0n) is 18.4. The third-order valence-electron chi connectivity index (χ3n) is 7.72. The minimum atomic E-state index is -0.832. The quantitative estimate of drug-likeness (QED) is 0.645. The van der Waals surface area contributed by atoms with Crippen LogP contribution in [0.1, 0.15) is 49.0 Å². The molecule has 0 saturated heterocycles. The highest BCUT2D eigenvalue weighted by Gasteiger charge is 2.71. The van der Waals surface area contributed by atoms with Gasteiger partial charge in [-0.1, -0.05) is 67.6 Å². The highest BCUT2D eigenvalue weighted by atomic mass is 16.2. The Balaban J connectivity index is 1.49. The van der Waals surface area contributed by atoms with Gasteiger partial charge in [-0.2, -0.15) is 0 Å². The molecule has 5 heteroatoms. The number of primary amides is 1. The molecule has 2 aromatic carbocycles. The van der Waals surface area contributed by atoms with Crippen LogP contribution in [-0.4, -0.2) is 27.8 Å². The van der Waals surface area contributed by atoms with Gasteiger partial charge in [0, 0.05) is 36.8 Å². The maximum Gasteiger partial charge on any atom is 0.225 e. The highest BCUT2D eigenvalue weighted by molar-refractivity contribution is 5.93. The molecule has 3 atom stereocenters. The zero-order valence-corrected chi connectivity index (χ0v) is 18.4. The van der Waals surface area contributed by atoms with Gasteiger partial charge in [-0.3, -0.25) is 9.59 Å². The molecule has 2 aliphatic rings. The van der Waals surface area contributed by atoms with Crippen LogP contribution in [0.4, 0.5) is 0 Å². The van der Waals surface area contributed by atoms with Gasteiger partial charge in [0.1, 0.15) is 0 Å². The van der Waals surface area contributed by atoms with Crippen molar-refractivity contribution in [3.05, 3.63) is 95.8 Å². The molecule has 3 unspecified atom stereocenters. The van der Waals surface area contributed by atoms with Crippen LogP contribution in [0, 0.1) is 5.41 Å². The smallest absolute Gasteiger partial charge is 0.225 e. The van der Waals surface area contributed by atoms with E-state index in [4.69, 9.17) is 5.73 Å². The summed E-state index contributed by atoms with van der Waals surface area (Å²) in [5.74, 6) is -0.371. The van der Waals surface area contributed by atoms with Crippen LogP contribution in [0.25, 0.3) is 0 Å². The predicted molar refractivity (Wildman–Crippen MR) is 124 cm³/mol. The maximum atomic E-state index is 13.8. The van der Waals surface area contributed by atoms with E-state index >= 15 is 0 Å². The highest BCUT2D eigenvalue weighted by Crippen LogP contribution is 2.68. The Hall–Kier alpha value is -3.34. The van der Waals surface area contributed by atoms with Crippen molar-refractivity contribution in [2.75, 3.05) is 6.54 Å². The molecule has 1 fully saturated rings. The summed E-state index contributed by atoms with van der Waals surface area (Å²) in [5.41, 5.74) is 8.07. The van der Waals surface area contributed by atoms with E-state index in [9.17, 15) is 9.59 Å². The molecular formula is C27H29N3O2. The summed E-state index contributed by atoms with van der Waals surface area (Å²) < 4.78 is 2.21. The van der Waals surface area contributed by atoms with E-state index in [1.807, 2.05) is 47.4 Å². The van der Waals surface area contributed by atoms with Crippen molar-refractivity contribution in [2.45, 2.75) is 44.2 Å². The molecule has 164 valence electrons. The van der Waals surface area contributed by atoms with Crippen molar-refractivity contribution < 1.29 is 9.59 Å². The van der Waals surface area contributed by atoms with Crippen molar-refractivity contribution in [2.24, 2.45) is 11.1 Å². The number of hydrogen-bond acceptors (Lipinski definition) is 2. The monoisotopic (exact) mass is 427 g/mol. The van der Waals surface area contributed by atoms with Crippen LogP contribution in [0.15, 0.2) is 79.0 Å². The molecule has 0 bridgehead atoms. The van der Waals surface area contributed by atoms with Crippen LogP contribution >= 0.6 is 0 Å². The second-order valence-electron chi connectivity index (χ2n) is 9.13. The first-order valence-electron chi connectivity index (χ1n) is 11.4. The minimum Gasteiger partial charge on any atom is -0.369 e. The standard InChI is InChI=1S/C27H29N3O2/c1-2-26(21-12-7-4-8-13-21)19-27(26,25(28)32)18-23(31)30-17-16-29-15-9-14-22(29)24(30)20-10-5-3-6-11-20/h3-15,24H,2,16-19H2,1H3,(H2,28,32). The Labute approximate surface area is 188 Å². The van der Waals surface area contributed by atoms with E-state index in [-0.39, 0.29) is 29.7 Å². The van der Waals surface area contributed by atoms with Gasteiger partial charge in [-0.15, -0.1) is 0 Å². The number of carbonyl (C=O) groups is 2. The molecule has 1 aliphatic heterocycles. The molecule has 3 aromatic rings. The van der Waals surface area contributed by atoms with Crippen LogP contribution in [0.5, 0.6) is 0 Å². The van der Waals surface area contributed by atoms with E-state index in [1.54, 1.807) is 0 Å². The second kappa shape index (κ2) is 7.66. The van der Waals surface area contributed by atoms with E-state index in [0.29, 0.717) is 13.0 Å². The van der Waals surface area contributed by atoms with E-state index in [1.165, 1.54) is 0 Å². The van der Waals surface area contributed by atoms with Crippen molar-refractivity contribution in [3.8, 4) is 0 Å². The van der Waals surface area contributed by atoms with Gasteiger partial charge in [0.2, 0.25) is 11.8 Å². The van der Waals surface area contributed by atoms with Gasteiger partial charge in [0.15, 0.2) is 0 Å². The first kappa shape index (κ1) is 20.6. The Bertz CT molecular complexity index is 1140. The number of fused-ring (bicyclic) bond motifs is 1. The molecule has 2 N–H and O–H groups in total. The SMILES string of the molecule is CCC1(c2ccccc2)CC1(CC(=O)N1CCn2cccc2C1c1ccccc1)C(N)=O. The number of hydrogen-bond donors (Lipinski definition) is 1. The second-order valence-corrected chi connectivity index (χ2v) is 9.13. The van der Waals surface area contributed by atoms with Crippen LogP contribution in [0.3, 0.4) is 0 Å². The average Bonchev–Trinajstić information content (AvgIpc) is 3.25. The van der Waals surface area contributed by atoms with Crippen molar-refractivity contribution in [1.82, 2.24) is 9.47 Å². The van der Waals surface area contributed by atoms with E-state index in [0.717, 1.165) is 29.8 Å². The van der Waals surface area contributed by atoms with Gasteiger partial charge in [0.25, 0.3) is 0 Å². The number of benzene rings is 2. The number of nitrogens with two attached hydrogens (primary N) is 1. The van der Waals surface area contributed by atoms with Crippen molar-refractivity contribution >= 4 is 11.8 Å². The molecule has 32 heavy (non-hydrogen) atoms. The summed E-state index contributed by atoms with van der Waals surface area (Å²) in [6, 6.07) is 24.1. The fourth-order valence-electron chi connectivity index (χ4n) is 5.91. The summed E-state index contributed by atoms with van der Waals surface area (Å²) >= 11 is 0. The molecule has 2 heterocycles. The Morgan fingerprint density at radius 3 is 2.31 bits per heavy atom. The summed E-state index contributed by atoms with van der Waals surface area (Å²) in [5, 5.41) is 0. The first-order valence-corrected chi connectivity index (χ1v) is 11.4.